The Kier molecular flexibility index (Phi) is 2.92. The first kappa shape index (κ1) is 11.8. The lowest BCUT2D eigenvalue weighted by atomic mass is 9.69. The Balaban J connectivity index is 2.72. The van der Waals surface area contributed by atoms with E-state index in [-0.39, 0.29) is 0 Å². The zero-order valence-corrected chi connectivity index (χ0v) is 7.84. The molecule has 0 aromatic carbocycles. The summed E-state index contributed by atoms with van der Waals surface area (Å²) in [6.07, 6.45) is -4.93. The number of carboxylic acids is 1. The van der Waals surface area contributed by atoms with Gasteiger partial charge >= 0.3 is 12.1 Å². The molecule has 1 fully saturated rings. The first-order chi connectivity index (χ1) is 6.73. The zero-order chi connectivity index (χ0) is 11.8. The van der Waals surface area contributed by atoms with Crippen molar-refractivity contribution in [1.82, 2.24) is 5.32 Å². The van der Waals surface area contributed by atoms with Gasteiger partial charge in [0.25, 0.3) is 0 Å². The Bertz CT molecular complexity index is 289. The van der Waals surface area contributed by atoms with Crippen molar-refractivity contribution in [2.24, 2.45) is 11.8 Å². The van der Waals surface area contributed by atoms with E-state index in [1.54, 1.807) is 0 Å². The molecule has 1 amide bonds. The highest BCUT2D eigenvalue weighted by Crippen LogP contribution is 2.45. The number of rotatable bonds is 2. The van der Waals surface area contributed by atoms with Gasteiger partial charge < -0.3 is 10.4 Å². The van der Waals surface area contributed by atoms with Crippen LogP contribution < -0.4 is 5.32 Å². The third-order valence-electron chi connectivity index (χ3n) is 2.48. The minimum Gasteiger partial charge on any atom is -0.481 e. The molecule has 0 saturated heterocycles. The van der Waals surface area contributed by atoms with Gasteiger partial charge in [-0.15, -0.1) is 0 Å². The lowest BCUT2D eigenvalue weighted by molar-refractivity contribution is -0.218. The fourth-order valence-electron chi connectivity index (χ4n) is 1.68. The van der Waals surface area contributed by atoms with Gasteiger partial charge in [-0.05, 0) is 6.42 Å². The van der Waals surface area contributed by atoms with Crippen molar-refractivity contribution in [2.45, 2.75) is 25.6 Å². The molecule has 1 saturated carbocycles. The number of carboxylic acid groups (broad SMARTS) is 1. The molecule has 0 bridgehead atoms. The summed E-state index contributed by atoms with van der Waals surface area (Å²) in [5, 5.41) is 10.6. The lowest BCUT2D eigenvalue weighted by Gasteiger charge is -2.43. The van der Waals surface area contributed by atoms with Gasteiger partial charge in [-0.1, -0.05) is 0 Å². The fraction of sp³-hybridized carbons (Fsp3) is 0.750. The highest BCUT2D eigenvalue weighted by atomic mass is 19.4. The van der Waals surface area contributed by atoms with E-state index < -0.39 is 42.4 Å². The summed E-state index contributed by atoms with van der Waals surface area (Å²) >= 11 is 0. The van der Waals surface area contributed by atoms with Crippen LogP contribution in [0.4, 0.5) is 13.2 Å². The van der Waals surface area contributed by atoms with Crippen molar-refractivity contribution < 1.29 is 27.9 Å². The second-order valence-corrected chi connectivity index (χ2v) is 3.55. The van der Waals surface area contributed by atoms with Crippen molar-refractivity contribution in [1.29, 1.82) is 0 Å². The Morgan fingerprint density at radius 2 is 1.93 bits per heavy atom. The Morgan fingerprint density at radius 1 is 1.40 bits per heavy atom. The quantitative estimate of drug-likeness (QED) is 0.729. The highest BCUT2D eigenvalue weighted by Gasteiger charge is 2.58. The molecule has 86 valence electrons. The standard InChI is InChI=1S/C8H10F3NO3/c1-3(13)12-6-4(7(14)15)2-5(6)8(9,10)11/h4-6H,2H2,1H3,(H,12,13)(H,14,15)/t4-,5-,6-/m1/s1. The van der Waals surface area contributed by atoms with Gasteiger partial charge in [0.15, 0.2) is 0 Å². The van der Waals surface area contributed by atoms with E-state index in [0.29, 0.717) is 0 Å². The minimum absolute atomic E-state index is 0.468. The van der Waals surface area contributed by atoms with Crippen LogP contribution in [-0.4, -0.2) is 29.2 Å². The van der Waals surface area contributed by atoms with Gasteiger partial charge in [-0.3, -0.25) is 9.59 Å². The first-order valence-corrected chi connectivity index (χ1v) is 4.30. The van der Waals surface area contributed by atoms with Gasteiger partial charge in [0.05, 0.1) is 17.9 Å². The van der Waals surface area contributed by atoms with Crippen LogP contribution in [0.1, 0.15) is 13.3 Å². The molecule has 1 aliphatic rings. The number of carbonyl (C=O) groups is 2. The molecular formula is C8H10F3NO3. The molecule has 1 aliphatic carbocycles. The van der Waals surface area contributed by atoms with E-state index in [1.165, 1.54) is 0 Å². The molecule has 0 aromatic heterocycles. The van der Waals surface area contributed by atoms with E-state index in [2.05, 4.69) is 0 Å². The smallest absolute Gasteiger partial charge is 0.393 e. The molecule has 7 heteroatoms. The van der Waals surface area contributed by atoms with E-state index >= 15 is 0 Å². The molecule has 0 unspecified atom stereocenters. The average Bonchev–Trinajstić information content (AvgIpc) is 1.94. The van der Waals surface area contributed by atoms with Crippen LogP contribution in [0, 0.1) is 11.8 Å². The van der Waals surface area contributed by atoms with Crippen molar-refractivity contribution in [2.75, 3.05) is 0 Å². The van der Waals surface area contributed by atoms with E-state index in [1.807, 2.05) is 5.32 Å². The molecule has 15 heavy (non-hydrogen) atoms. The number of aliphatic carboxylic acids is 1. The second-order valence-electron chi connectivity index (χ2n) is 3.55. The maximum atomic E-state index is 12.3. The monoisotopic (exact) mass is 225 g/mol. The minimum atomic E-state index is -4.46. The molecule has 2 N–H and O–H groups in total. The van der Waals surface area contributed by atoms with Crippen molar-refractivity contribution >= 4 is 11.9 Å². The molecule has 3 atom stereocenters. The number of halogens is 3. The first-order valence-electron chi connectivity index (χ1n) is 4.30. The van der Waals surface area contributed by atoms with E-state index in [0.717, 1.165) is 6.92 Å². The maximum absolute atomic E-state index is 12.3. The Labute approximate surface area is 83.5 Å². The summed E-state index contributed by atoms with van der Waals surface area (Å²) in [5.74, 6) is -4.85. The average molecular weight is 225 g/mol. The summed E-state index contributed by atoms with van der Waals surface area (Å²) in [6, 6.07) is -1.33. The van der Waals surface area contributed by atoms with Crippen molar-refractivity contribution in [3.63, 3.8) is 0 Å². The molecule has 0 spiro atoms. The molecule has 0 radical (unpaired) electrons. The van der Waals surface area contributed by atoms with Crippen LogP contribution in [0.3, 0.4) is 0 Å². The van der Waals surface area contributed by atoms with E-state index in [4.69, 9.17) is 5.11 Å². The fourth-order valence-corrected chi connectivity index (χ4v) is 1.68. The normalized spacial score (nSPS) is 30.5. The third kappa shape index (κ3) is 2.40. The van der Waals surface area contributed by atoms with Crippen LogP contribution in [0.25, 0.3) is 0 Å². The van der Waals surface area contributed by atoms with Gasteiger partial charge in [-0.2, -0.15) is 13.2 Å². The zero-order valence-electron chi connectivity index (χ0n) is 7.84. The van der Waals surface area contributed by atoms with Crippen LogP contribution in [0.15, 0.2) is 0 Å². The molecular weight excluding hydrogens is 215 g/mol. The number of hydrogen-bond donors (Lipinski definition) is 2. The Morgan fingerprint density at radius 3 is 2.27 bits per heavy atom. The highest BCUT2D eigenvalue weighted by molar-refractivity contribution is 5.77. The summed E-state index contributed by atoms with van der Waals surface area (Å²) < 4.78 is 36.9. The van der Waals surface area contributed by atoms with Crippen molar-refractivity contribution in [3.8, 4) is 0 Å². The number of hydrogen-bond acceptors (Lipinski definition) is 2. The third-order valence-corrected chi connectivity index (χ3v) is 2.48. The van der Waals surface area contributed by atoms with Crippen LogP contribution in [0.5, 0.6) is 0 Å². The van der Waals surface area contributed by atoms with E-state index in [9.17, 15) is 22.8 Å². The predicted octanol–water partition coefficient (Wildman–Crippen LogP) is 0.774. The van der Waals surface area contributed by atoms with Crippen LogP contribution in [-0.2, 0) is 9.59 Å². The topological polar surface area (TPSA) is 66.4 Å². The molecule has 0 heterocycles. The van der Waals surface area contributed by atoms with Gasteiger partial charge in [0.1, 0.15) is 0 Å². The summed E-state index contributed by atoms with van der Waals surface area (Å²) in [7, 11) is 0. The molecule has 0 aromatic rings. The maximum Gasteiger partial charge on any atom is 0.393 e. The Hall–Kier alpha value is -1.27. The molecule has 0 aliphatic heterocycles. The molecule has 1 rings (SSSR count). The number of carbonyl (C=O) groups excluding carboxylic acids is 1. The van der Waals surface area contributed by atoms with Gasteiger partial charge in [0, 0.05) is 6.92 Å². The summed E-state index contributed by atoms with van der Waals surface area (Å²) in [5.41, 5.74) is 0. The van der Waals surface area contributed by atoms with Gasteiger partial charge in [0.2, 0.25) is 5.91 Å². The second kappa shape index (κ2) is 3.71. The summed E-state index contributed by atoms with van der Waals surface area (Å²) in [6.45, 7) is 1.06. The van der Waals surface area contributed by atoms with Crippen LogP contribution in [0.2, 0.25) is 0 Å². The summed E-state index contributed by atoms with van der Waals surface area (Å²) in [4.78, 5) is 21.1. The lowest BCUT2D eigenvalue weighted by Crippen LogP contribution is -2.60. The number of alkyl halides is 3. The SMILES string of the molecule is CC(=O)N[C@H]1[C@H](C(F)(F)F)C[C@H]1C(=O)O. The van der Waals surface area contributed by atoms with Crippen LogP contribution >= 0.6 is 0 Å². The number of amides is 1. The van der Waals surface area contributed by atoms with Gasteiger partial charge in [-0.25, -0.2) is 0 Å². The largest absolute Gasteiger partial charge is 0.481 e. The molecule has 4 nitrogen and oxygen atoms in total. The predicted molar refractivity (Wildman–Crippen MR) is 42.9 cm³/mol. The van der Waals surface area contributed by atoms with Crippen molar-refractivity contribution in [3.05, 3.63) is 0 Å². The number of nitrogens with one attached hydrogen (secondary N) is 1.